The van der Waals surface area contributed by atoms with E-state index in [0.717, 1.165) is 29.5 Å². The van der Waals surface area contributed by atoms with Gasteiger partial charge in [0.2, 0.25) is 0 Å². The molecule has 4 saturated heterocycles. The highest BCUT2D eigenvalue weighted by Gasteiger charge is 2.61. The van der Waals surface area contributed by atoms with Crippen molar-refractivity contribution in [1.82, 2.24) is 0 Å². The summed E-state index contributed by atoms with van der Waals surface area (Å²) in [5.74, 6) is 0.299. The summed E-state index contributed by atoms with van der Waals surface area (Å²) in [7, 11) is -3.16. The van der Waals surface area contributed by atoms with Gasteiger partial charge in [0.15, 0.2) is 6.29 Å². The zero-order valence-corrected chi connectivity index (χ0v) is 43.3. The molecule has 13 atom stereocenters. The molecule has 10 rings (SSSR count). The van der Waals surface area contributed by atoms with Crippen LogP contribution in [0.15, 0.2) is 164 Å². The van der Waals surface area contributed by atoms with E-state index in [2.05, 4.69) is 168 Å². The Balaban J connectivity index is 1.02. The van der Waals surface area contributed by atoms with Crippen molar-refractivity contribution in [2.75, 3.05) is 13.2 Å². The third-order valence-electron chi connectivity index (χ3n) is 15.7. The molecule has 5 aromatic rings. The van der Waals surface area contributed by atoms with Crippen LogP contribution in [0.2, 0.25) is 5.04 Å². The second kappa shape index (κ2) is 22.4. The summed E-state index contributed by atoms with van der Waals surface area (Å²) in [6.45, 7) is 13.3. The van der Waals surface area contributed by atoms with Gasteiger partial charge in [-0.1, -0.05) is 192 Å². The maximum atomic E-state index is 8.32. The van der Waals surface area contributed by atoms with Gasteiger partial charge < -0.3 is 42.3 Å². The highest BCUT2D eigenvalue weighted by molar-refractivity contribution is 6.99. The average molecular weight is 979 g/mol. The van der Waals surface area contributed by atoms with Crippen LogP contribution in [-0.4, -0.2) is 88.2 Å². The molecule has 0 aromatic heterocycles. The number of rotatable bonds is 12. The van der Waals surface area contributed by atoms with Gasteiger partial charge in [0.1, 0.15) is 17.8 Å². The lowest BCUT2D eigenvalue weighted by Crippen LogP contribution is -2.71. The summed E-state index contributed by atoms with van der Waals surface area (Å²) in [5, 5.41) is 2.14. The van der Waals surface area contributed by atoms with Crippen molar-refractivity contribution in [3.63, 3.8) is 0 Å². The predicted molar refractivity (Wildman–Crippen MR) is 279 cm³/mol. The fraction of sp³-hybridized carbons (Fsp3) is 0.475. The normalized spacial score (nSPS) is 32.9. The van der Waals surface area contributed by atoms with Gasteiger partial charge >= 0.3 is 0 Å². The molecule has 0 bridgehead atoms. The molecule has 9 nitrogen and oxygen atoms in total. The van der Waals surface area contributed by atoms with Crippen LogP contribution in [0.3, 0.4) is 0 Å². The standard InChI is InChI=1S/C61H74O9Si/c1-43-35-51-56(42-64-59(68-51)46-27-15-8-16-28-46)66-53-37-57-61(5,69-54(53)36-43)58(70-71(60(2,3)4,47-29-17-9-18-30-47)48-31-19-10-20-32-48)38-52-50(67-57)34-22-21-33-49(63-40-45-25-13-7-14-26-45)55(65-52)41-62-39-44-23-11-6-12-24-44/h6-32,43,49-59H,33-42H2,1-5H3/b22-21-/t43-,49-,50+,51+,52-,53+,54-,55+,56-,57-,58-,59-,61-/m1/s1. The van der Waals surface area contributed by atoms with Crippen molar-refractivity contribution in [3.05, 3.63) is 181 Å². The molecule has 71 heavy (non-hydrogen) atoms. The smallest absolute Gasteiger partial charge is 0.261 e. The predicted octanol–water partition coefficient (Wildman–Crippen LogP) is 10.8. The largest absolute Gasteiger partial charge is 0.401 e. The first-order chi connectivity index (χ1) is 34.6. The Morgan fingerprint density at radius 2 is 1.14 bits per heavy atom. The van der Waals surface area contributed by atoms with E-state index in [9.17, 15) is 0 Å². The molecule has 0 radical (unpaired) electrons. The Bertz CT molecular complexity index is 2400. The van der Waals surface area contributed by atoms with Gasteiger partial charge in [-0.25, -0.2) is 0 Å². The van der Waals surface area contributed by atoms with Gasteiger partial charge in [-0.05, 0) is 65.1 Å². The quantitative estimate of drug-likeness (QED) is 0.0897. The molecule has 0 aliphatic carbocycles. The first kappa shape index (κ1) is 50.2. The van der Waals surface area contributed by atoms with E-state index < -0.39 is 44.6 Å². The summed E-state index contributed by atoms with van der Waals surface area (Å²) in [6, 6.07) is 52.8. The number of benzene rings is 5. The maximum absolute atomic E-state index is 8.32. The van der Waals surface area contributed by atoms with Gasteiger partial charge in [0, 0.05) is 18.4 Å². The van der Waals surface area contributed by atoms with Crippen molar-refractivity contribution in [3.8, 4) is 0 Å². The summed E-state index contributed by atoms with van der Waals surface area (Å²) in [6.07, 6.45) is 5.15. The van der Waals surface area contributed by atoms with E-state index in [1.54, 1.807) is 0 Å². The van der Waals surface area contributed by atoms with E-state index in [-0.39, 0.29) is 41.7 Å². The molecule has 0 N–H and O–H groups in total. The maximum Gasteiger partial charge on any atom is 0.261 e. The third kappa shape index (κ3) is 11.3. The lowest BCUT2D eigenvalue weighted by molar-refractivity contribution is -0.317. The summed E-state index contributed by atoms with van der Waals surface area (Å²) < 4.78 is 65.1. The molecule has 0 unspecified atom stereocenters. The van der Waals surface area contributed by atoms with Gasteiger partial charge in [-0.15, -0.1) is 0 Å². The second-order valence-electron chi connectivity index (χ2n) is 21.8. The molecule has 376 valence electrons. The first-order valence-electron chi connectivity index (χ1n) is 26.2. The molecule has 4 fully saturated rings. The van der Waals surface area contributed by atoms with E-state index in [4.69, 9.17) is 42.3 Å². The molecule has 5 aliphatic rings. The van der Waals surface area contributed by atoms with E-state index >= 15 is 0 Å². The number of ether oxygens (including phenoxy) is 8. The average Bonchev–Trinajstić information content (AvgIpc) is 3.42. The van der Waals surface area contributed by atoms with Crippen LogP contribution in [0.25, 0.3) is 0 Å². The van der Waals surface area contributed by atoms with E-state index in [1.165, 1.54) is 10.4 Å². The lowest BCUT2D eigenvalue weighted by Gasteiger charge is -2.55. The Hall–Kier alpha value is -4.30. The van der Waals surface area contributed by atoms with Gasteiger partial charge in [0.05, 0.1) is 75.3 Å². The number of fused-ring (bicyclic) bond motifs is 4. The van der Waals surface area contributed by atoms with E-state index in [0.29, 0.717) is 58.0 Å². The van der Waals surface area contributed by atoms with Crippen LogP contribution < -0.4 is 10.4 Å². The Morgan fingerprint density at radius 3 is 1.79 bits per heavy atom. The lowest BCUT2D eigenvalue weighted by atomic mass is 9.80. The number of hydrogen-bond acceptors (Lipinski definition) is 9. The SMILES string of the molecule is C[C@@H]1C[C@@H]2O[C@H](c3ccccc3)OC[C@H]2O[C@H]2C[C@H]3O[C@H]4C/C=C\C[C@@H](OCc5ccccc5)[C@H](COCc5ccccc5)O[C@@H]4C[C@@H](O[Si](c4ccccc4)(c4ccccc4)C(C)(C)C)[C@]3(C)O[C@@H]2C1. The van der Waals surface area contributed by atoms with Crippen LogP contribution in [0.5, 0.6) is 0 Å². The Morgan fingerprint density at radius 1 is 0.577 bits per heavy atom. The zero-order chi connectivity index (χ0) is 48.8. The van der Waals surface area contributed by atoms with Crippen molar-refractivity contribution in [2.24, 2.45) is 5.92 Å². The van der Waals surface area contributed by atoms with Crippen LogP contribution in [-0.2, 0) is 55.5 Å². The van der Waals surface area contributed by atoms with Crippen LogP contribution in [0.4, 0.5) is 0 Å². The fourth-order valence-electron chi connectivity index (χ4n) is 11.9. The fourth-order valence-corrected chi connectivity index (χ4v) is 16.7. The molecule has 0 spiro atoms. The topological polar surface area (TPSA) is 83.1 Å². The summed E-state index contributed by atoms with van der Waals surface area (Å²) in [4.78, 5) is 0. The van der Waals surface area contributed by atoms with Gasteiger partial charge in [-0.3, -0.25) is 0 Å². The van der Waals surface area contributed by atoms with Crippen molar-refractivity contribution < 1.29 is 42.3 Å². The highest BCUT2D eigenvalue weighted by atomic mass is 28.4. The Labute approximate surface area is 423 Å². The first-order valence-corrected chi connectivity index (χ1v) is 28.1. The van der Waals surface area contributed by atoms with Crippen molar-refractivity contribution >= 4 is 18.7 Å². The molecular formula is C61H74O9Si. The minimum atomic E-state index is -3.16. The molecule has 0 saturated carbocycles. The second-order valence-corrected chi connectivity index (χ2v) is 26.0. The molecule has 5 aromatic carbocycles. The summed E-state index contributed by atoms with van der Waals surface area (Å²) >= 11 is 0. The zero-order valence-electron chi connectivity index (χ0n) is 42.3. The van der Waals surface area contributed by atoms with Crippen LogP contribution in [0.1, 0.15) is 96.1 Å². The molecular weight excluding hydrogens is 905 g/mol. The summed E-state index contributed by atoms with van der Waals surface area (Å²) in [5.41, 5.74) is 2.36. The van der Waals surface area contributed by atoms with Crippen LogP contribution in [0, 0.1) is 5.92 Å². The van der Waals surface area contributed by atoms with Crippen molar-refractivity contribution in [2.45, 2.75) is 164 Å². The van der Waals surface area contributed by atoms with Gasteiger partial charge in [-0.2, -0.15) is 0 Å². The van der Waals surface area contributed by atoms with Crippen LogP contribution >= 0.6 is 0 Å². The van der Waals surface area contributed by atoms with Crippen molar-refractivity contribution in [1.29, 1.82) is 0 Å². The molecule has 5 heterocycles. The van der Waals surface area contributed by atoms with E-state index in [1.807, 2.05) is 30.3 Å². The molecule has 10 heteroatoms. The monoisotopic (exact) mass is 979 g/mol. The third-order valence-corrected chi connectivity index (χ3v) is 20.7. The Kier molecular flexibility index (Phi) is 15.9. The minimum absolute atomic E-state index is 0.116. The van der Waals surface area contributed by atoms with Gasteiger partial charge in [0.25, 0.3) is 8.32 Å². The molecule has 0 amide bonds. The molecule has 5 aliphatic heterocycles. The highest BCUT2D eigenvalue weighted by Crippen LogP contribution is 2.49. The minimum Gasteiger partial charge on any atom is -0.401 e. The number of hydrogen-bond donors (Lipinski definition) is 0.